The van der Waals surface area contributed by atoms with Gasteiger partial charge in [0.15, 0.2) is 5.82 Å². The molecule has 4 N–H and O–H groups in total. The van der Waals surface area contributed by atoms with Crippen LogP contribution in [0.15, 0.2) is 48.9 Å². The Bertz CT molecular complexity index is 1390. The topological polar surface area (TPSA) is 118 Å². The minimum atomic E-state index is -4.70. The fraction of sp³-hybridized carbons (Fsp3) is 0.217. The molecule has 4 rings (SSSR count). The Kier molecular flexibility index (Phi) is 6.39. The van der Waals surface area contributed by atoms with Crippen LogP contribution in [0.2, 0.25) is 0 Å². The number of benzene rings is 1. The summed E-state index contributed by atoms with van der Waals surface area (Å²) in [5.41, 5.74) is 5.54. The van der Waals surface area contributed by atoms with Gasteiger partial charge in [0.25, 0.3) is 5.91 Å². The lowest BCUT2D eigenvalue weighted by atomic mass is 10.1. The molecule has 0 aliphatic heterocycles. The molecule has 0 radical (unpaired) electrons. The Hall–Kier alpha value is -4.06. The van der Waals surface area contributed by atoms with E-state index in [9.17, 15) is 27.5 Å². The number of pyridine rings is 1. The van der Waals surface area contributed by atoms with Crippen LogP contribution in [0, 0.1) is 12.7 Å². The van der Waals surface area contributed by atoms with Crippen LogP contribution in [0.25, 0.3) is 16.8 Å². The zero-order valence-electron chi connectivity index (χ0n) is 18.3. The minimum Gasteiger partial charge on any atom is -0.388 e. The van der Waals surface area contributed by atoms with E-state index in [0.717, 1.165) is 16.9 Å². The number of alkyl halides is 3. The van der Waals surface area contributed by atoms with Crippen LogP contribution in [-0.2, 0) is 6.18 Å². The van der Waals surface area contributed by atoms with E-state index in [0.29, 0.717) is 11.3 Å². The van der Waals surface area contributed by atoms with Crippen LogP contribution in [0.4, 0.5) is 23.4 Å². The van der Waals surface area contributed by atoms with Crippen molar-refractivity contribution in [1.82, 2.24) is 24.9 Å². The van der Waals surface area contributed by atoms with Crippen LogP contribution in [0.5, 0.6) is 0 Å². The van der Waals surface area contributed by atoms with E-state index < -0.39 is 35.1 Å². The number of aliphatic hydroxyl groups excluding tert-OH is 1. The van der Waals surface area contributed by atoms with Crippen molar-refractivity contribution in [3.05, 3.63) is 77.1 Å². The Labute approximate surface area is 196 Å². The average molecular weight is 488 g/mol. The highest BCUT2D eigenvalue weighted by Crippen LogP contribution is 2.38. The third kappa shape index (κ3) is 4.92. The van der Waals surface area contributed by atoms with Crippen molar-refractivity contribution >= 4 is 17.2 Å². The summed E-state index contributed by atoms with van der Waals surface area (Å²) in [6, 6.07) is 7.65. The number of hydrogen-bond acceptors (Lipinski definition) is 6. The van der Waals surface area contributed by atoms with E-state index in [1.807, 2.05) is 0 Å². The first-order valence-electron chi connectivity index (χ1n) is 10.4. The van der Waals surface area contributed by atoms with Crippen molar-refractivity contribution in [3.8, 4) is 11.3 Å². The van der Waals surface area contributed by atoms with Gasteiger partial charge in [-0.1, -0.05) is 12.1 Å². The predicted octanol–water partition coefficient (Wildman–Crippen LogP) is 3.69. The molecule has 0 aliphatic carbocycles. The molecule has 3 aromatic heterocycles. The number of nitrogens with zero attached hydrogens (tertiary/aromatic N) is 4. The van der Waals surface area contributed by atoms with Crippen molar-refractivity contribution in [2.45, 2.75) is 25.6 Å². The van der Waals surface area contributed by atoms with Gasteiger partial charge in [-0.25, -0.2) is 13.9 Å². The molecule has 4 aromatic rings. The molecular weight excluding hydrogens is 468 g/mol. The summed E-state index contributed by atoms with van der Waals surface area (Å²) in [6.45, 7) is 1.68. The van der Waals surface area contributed by atoms with E-state index >= 15 is 0 Å². The minimum absolute atomic E-state index is 0.0368. The Balaban J connectivity index is 1.58. The zero-order chi connectivity index (χ0) is 25.3. The number of anilines is 1. The molecule has 1 atom stereocenters. The van der Waals surface area contributed by atoms with Gasteiger partial charge in [0.05, 0.1) is 28.6 Å². The molecule has 0 bridgehead atoms. The Morgan fingerprint density at radius 1 is 1.20 bits per heavy atom. The van der Waals surface area contributed by atoms with Gasteiger partial charge in [-0.3, -0.25) is 9.78 Å². The first-order valence-corrected chi connectivity index (χ1v) is 10.4. The second-order valence-corrected chi connectivity index (χ2v) is 7.82. The lowest BCUT2D eigenvalue weighted by Gasteiger charge is -2.13. The van der Waals surface area contributed by atoms with Gasteiger partial charge in [0.1, 0.15) is 17.7 Å². The highest BCUT2D eigenvalue weighted by Gasteiger charge is 2.36. The summed E-state index contributed by atoms with van der Waals surface area (Å²) in [4.78, 5) is 20.6. The smallest absolute Gasteiger partial charge is 0.388 e. The largest absolute Gasteiger partial charge is 0.418 e. The number of nitrogens with two attached hydrogens (primary N) is 1. The number of nitrogens with one attached hydrogen (secondary N) is 1. The molecule has 35 heavy (non-hydrogen) atoms. The lowest BCUT2D eigenvalue weighted by Crippen LogP contribution is -2.26. The number of nitrogen functional groups attached to an aromatic ring is 1. The first-order chi connectivity index (χ1) is 16.6. The summed E-state index contributed by atoms with van der Waals surface area (Å²) in [6.07, 6.45) is -3.08. The number of amides is 1. The number of aliphatic hydroxyl groups is 1. The zero-order valence-corrected chi connectivity index (χ0v) is 18.3. The lowest BCUT2D eigenvalue weighted by molar-refractivity contribution is -0.136. The third-order valence-corrected chi connectivity index (χ3v) is 5.47. The van der Waals surface area contributed by atoms with Crippen LogP contribution in [-0.4, -0.2) is 37.1 Å². The maximum atomic E-state index is 13.6. The number of carbonyl (C=O) groups is 1. The predicted molar refractivity (Wildman–Crippen MR) is 119 cm³/mol. The molecule has 1 unspecified atom stereocenters. The molecule has 1 amide bonds. The summed E-state index contributed by atoms with van der Waals surface area (Å²) in [7, 11) is 0. The number of fused-ring (bicyclic) bond motifs is 1. The van der Waals surface area contributed by atoms with Gasteiger partial charge in [0, 0.05) is 18.3 Å². The van der Waals surface area contributed by atoms with Crippen molar-refractivity contribution in [2.24, 2.45) is 0 Å². The number of hydrogen-bond donors (Lipinski definition) is 3. The summed E-state index contributed by atoms with van der Waals surface area (Å²) in [5.74, 6) is -1.28. The van der Waals surface area contributed by atoms with Gasteiger partial charge in [-0.2, -0.15) is 18.3 Å². The molecule has 0 spiro atoms. The van der Waals surface area contributed by atoms with Gasteiger partial charge in [-0.05, 0) is 43.2 Å². The fourth-order valence-electron chi connectivity index (χ4n) is 3.66. The summed E-state index contributed by atoms with van der Waals surface area (Å²) < 4.78 is 54.9. The standard InChI is InChI=1S/C23H20F4N6O2/c1-12-16(22(35)29-7-6-19(34)13-2-4-15(24)5-3-13)8-14(10-30-12)18-9-17(23(25,26)27)20-21(28)31-11-32-33(18)20/h2-5,8-11,19,34H,6-7H2,1H3,(H,29,35)(H2,28,31,32). The summed E-state index contributed by atoms with van der Waals surface area (Å²) in [5, 5.41) is 16.8. The molecule has 0 aliphatic rings. The molecule has 0 fully saturated rings. The van der Waals surface area contributed by atoms with E-state index in [2.05, 4.69) is 20.4 Å². The van der Waals surface area contributed by atoms with E-state index in [4.69, 9.17) is 5.73 Å². The van der Waals surface area contributed by atoms with Crippen LogP contribution < -0.4 is 11.1 Å². The number of halogens is 4. The maximum absolute atomic E-state index is 13.6. The molecule has 0 saturated heterocycles. The third-order valence-electron chi connectivity index (χ3n) is 5.47. The number of rotatable bonds is 6. The van der Waals surface area contributed by atoms with Crippen LogP contribution in [0.1, 0.15) is 39.7 Å². The van der Waals surface area contributed by atoms with Gasteiger partial charge < -0.3 is 16.2 Å². The van der Waals surface area contributed by atoms with Crippen molar-refractivity contribution in [3.63, 3.8) is 0 Å². The molecule has 0 saturated carbocycles. The number of carbonyl (C=O) groups excluding carboxylic acids is 1. The molecule has 8 nitrogen and oxygen atoms in total. The molecule has 12 heteroatoms. The monoisotopic (exact) mass is 488 g/mol. The second-order valence-electron chi connectivity index (χ2n) is 7.82. The van der Waals surface area contributed by atoms with Gasteiger partial charge in [-0.15, -0.1) is 0 Å². The second kappa shape index (κ2) is 9.29. The van der Waals surface area contributed by atoms with Gasteiger partial charge in [0.2, 0.25) is 0 Å². The van der Waals surface area contributed by atoms with Crippen molar-refractivity contribution in [1.29, 1.82) is 0 Å². The number of aromatic nitrogens is 4. The molecule has 3 heterocycles. The van der Waals surface area contributed by atoms with E-state index in [1.54, 1.807) is 6.92 Å². The number of aryl methyl sites for hydroxylation is 1. The average Bonchev–Trinajstić information content (AvgIpc) is 3.21. The van der Waals surface area contributed by atoms with E-state index in [-0.39, 0.29) is 35.6 Å². The summed E-state index contributed by atoms with van der Waals surface area (Å²) >= 11 is 0. The first kappa shape index (κ1) is 24.1. The quantitative estimate of drug-likeness (QED) is 0.356. The molecular formula is C23H20F4N6O2. The Morgan fingerprint density at radius 2 is 1.91 bits per heavy atom. The Morgan fingerprint density at radius 3 is 2.60 bits per heavy atom. The molecule has 182 valence electrons. The van der Waals surface area contributed by atoms with Crippen molar-refractivity contribution < 1.29 is 27.5 Å². The maximum Gasteiger partial charge on any atom is 0.418 e. The fourth-order valence-corrected chi connectivity index (χ4v) is 3.66. The highest BCUT2D eigenvalue weighted by atomic mass is 19.4. The van der Waals surface area contributed by atoms with Crippen molar-refractivity contribution in [2.75, 3.05) is 12.3 Å². The molecule has 1 aromatic carbocycles. The van der Waals surface area contributed by atoms with E-state index in [1.165, 1.54) is 36.5 Å². The highest BCUT2D eigenvalue weighted by molar-refractivity contribution is 5.96. The van der Waals surface area contributed by atoms with Gasteiger partial charge >= 0.3 is 6.18 Å². The SMILES string of the molecule is Cc1ncc(-c2cc(C(F)(F)F)c3c(N)ncnn23)cc1C(=O)NCCC(O)c1ccc(F)cc1. The van der Waals surface area contributed by atoms with Crippen LogP contribution >= 0.6 is 0 Å². The van der Waals surface area contributed by atoms with Crippen LogP contribution in [0.3, 0.4) is 0 Å². The normalized spacial score (nSPS) is 12.6.